The van der Waals surface area contributed by atoms with E-state index in [1.807, 2.05) is 36.4 Å². The lowest BCUT2D eigenvalue weighted by Crippen LogP contribution is -2.38. The van der Waals surface area contributed by atoms with Gasteiger partial charge in [-0.2, -0.15) is 0 Å². The van der Waals surface area contributed by atoms with Gasteiger partial charge in [0.2, 0.25) is 0 Å². The van der Waals surface area contributed by atoms with Crippen molar-refractivity contribution in [3.8, 4) is 0 Å². The van der Waals surface area contributed by atoms with Crippen molar-refractivity contribution in [3.63, 3.8) is 0 Å². The van der Waals surface area contributed by atoms with Crippen LogP contribution < -0.4 is 0 Å². The zero-order valence-electron chi connectivity index (χ0n) is 13.2. The molecule has 0 aromatic heterocycles. The Kier molecular flexibility index (Phi) is 6.10. The quantitative estimate of drug-likeness (QED) is 0.844. The molecule has 118 valence electrons. The van der Waals surface area contributed by atoms with Crippen LogP contribution in [-0.4, -0.2) is 28.7 Å². The van der Waals surface area contributed by atoms with Crippen LogP contribution in [0.2, 0.25) is 0 Å². The van der Waals surface area contributed by atoms with E-state index in [9.17, 15) is 9.50 Å². The van der Waals surface area contributed by atoms with Gasteiger partial charge in [0.15, 0.2) is 0 Å². The molecule has 0 heterocycles. The van der Waals surface area contributed by atoms with E-state index in [4.69, 9.17) is 0 Å². The van der Waals surface area contributed by atoms with E-state index < -0.39 is 6.10 Å². The normalized spacial score (nSPS) is 12.8. The molecule has 0 aliphatic heterocycles. The van der Waals surface area contributed by atoms with Crippen LogP contribution in [0.15, 0.2) is 54.6 Å². The molecule has 0 aliphatic carbocycles. The number of nitrogens with zero attached hydrogens (tertiary/aromatic N) is 1. The zero-order valence-corrected chi connectivity index (χ0v) is 13.2. The third kappa shape index (κ3) is 4.93. The van der Waals surface area contributed by atoms with Crippen LogP contribution in [0.1, 0.15) is 25.0 Å². The van der Waals surface area contributed by atoms with Gasteiger partial charge in [-0.1, -0.05) is 48.5 Å². The van der Waals surface area contributed by atoms with Crippen LogP contribution in [0.4, 0.5) is 4.39 Å². The molecule has 2 nitrogen and oxygen atoms in total. The average molecular weight is 301 g/mol. The highest BCUT2D eigenvalue weighted by atomic mass is 19.1. The zero-order chi connectivity index (χ0) is 15.9. The highest BCUT2D eigenvalue weighted by Gasteiger charge is 2.17. The first-order chi connectivity index (χ1) is 10.6. The summed E-state index contributed by atoms with van der Waals surface area (Å²) in [6, 6.07) is 17.0. The molecule has 0 saturated heterocycles. The fourth-order valence-electron chi connectivity index (χ4n) is 2.52. The third-order valence-electron chi connectivity index (χ3n) is 3.82. The first kappa shape index (κ1) is 16.7. The lowest BCUT2D eigenvalue weighted by molar-refractivity contribution is 0.0901. The van der Waals surface area contributed by atoms with Crippen LogP contribution >= 0.6 is 0 Å². The maximum absolute atomic E-state index is 13.8. The molecule has 2 rings (SSSR count). The second-order valence-corrected chi connectivity index (χ2v) is 5.96. The minimum Gasteiger partial charge on any atom is -0.391 e. The summed E-state index contributed by atoms with van der Waals surface area (Å²) in [6.45, 7) is 5.17. The average Bonchev–Trinajstić information content (AvgIpc) is 2.49. The van der Waals surface area contributed by atoms with Gasteiger partial charge in [-0.05, 0) is 31.9 Å². The molecule has 3 heteroatoms. The Morgan fingerprint density at radius 1 is 1.00 bits per heavy atom. The number of benzene rings is 2. The van der Waals surface area contributed by atoms with Crippen molar-refractivity contribution in [2.24, 2.45) is 0 Å². The lowest BCUT2D eigenvalue weighted by Gasteiger charge is -2.29. The molecule has 0 spiro atoms. The number of hydrogen-bond donors (Lipinski definition) is 1. The van der Waals surface area contributed by atoms with E-state index in [1.54, 1.807) is 12.1 Å². The molecule has 0 amide bonds. The number of hydrogen-bond acceptors (Lipinski definition) is 2. The van der Waals surface area contributed by atoms with Crippen molar-refractivity contribution in [2.75, 3.05) is 6.54 Å². The summed E-state index contributed by atoms with van der Waals surface area (Å²) >= 11 is 0. The van der Waals surface area contributed by atoms with Gasteiger partial charge < -0.3 is 5.11 Å². The van der Waals surface area contributed by atoms with Gasteiger partial charge in [0, 0.05) is 24.7 Å². The Morgan fingerprint density at radius 2 is 1.64 bits per heavy atom. The topological polar surface area (TPSA) is 23.5 Å². The summed E-state index contributed by atoms with van der Waals surface area (Å²) in [4.78, 5) is 2.10. The van der Waals surface area contributed by atoms with E-state index in [1.165, 1.54) is 6.07 Å². The van der Waals surface area contributed by atoms with E-state index in [0.29, 0.717) is 25.1 Å². The predicted molar refractivity (Wildman–Crippen MR) is 88.1 cm³/mol. The van der Waals surface area contributed by atoms with Crippen molar-refractivity contribution in [1.82, 2.24) is 4.90 Å². The Bertz CT molecular complexity index is 571. The molecule has 0 fully saturated rings. The first-order valence-electron chi connectivity index (χ1n) is 7.75. The van der Waals surface area contributed by atoms with Gasteiger partial charge in [0.25, 0.3) is 0 Å². The number of aliphatic hydroxyl groups is 1. The molecule has 1 atom stereocenters. The number of rotatable bonds is 7. The van der Waals surface area contributed by atoms with Crippen molar-refractivity contribution >= 4 is 0 Å². The van der Waals surface area contributed by atoms with Crippen molar-refractivity contribution in [1.29, 1.82) is 0 Å². The van der Waals surface area contributed by atoms with Crippen LogP contribution in [0.3, 0.4) is 0 Å². The molecule has 22 heavy (non-hydrogen) atoms. The van der Waals surface area contributed by atoms with E-state index in [-0.39, 0.29) is 11.9 Å². The third-order valence-corrected chi connectivity index (χ3v) is 3.82. The monoisotopic (exact) mass is 301 g/mol. The highest BCUT2D eigenvalue weighted by molar-refractivity contribution is 5.18. The molecular weight excluding hydrogens is 277 g/mol. The molecule has 0 unspecified atom stereocenters. The van der Waals surface area contributed by atoms with E-state index in [0.717, 1.165) is 5.56 Å². The van der Waals surface area contributed by atoms with Crippen molar-refractivity contribution in [3.05, 3.63) is 71.5 Å². The second-order valence-electron chi connectivity index (χ2n) is 5.96. The summed E-state index contributed by atoms with van der Waals surface area (Å²) in [5, 5.41) is 10.3. The van der Waals surface area contributed by atoms with Crippen LogP contribution in [0.25, 0.3) is 0 Å². The highest BCUT2D eigenvalue weighted by Crippen LogP contribution is 2.14. The Hall–Kier alpha value is -1.71. The molecule has 2 aromatic rings. The minimum atomic E-state index is -0.462. The molecule has 0 aliphatic rings. The summed E-state index contributed by atoms with van der Waals surface area (Å²) in [5.41, 5.74) is 1.78. The minimum absolute atomic E-state index is 0.189. The summed E-state index contributed by atoms with van der Waals surface area (Å²) in [5.74, 6) is -0.189. The lowest BCUT2D eigenvalue weighted by atomic mass is 10.1. The summed E-state index contributed by atoms with van der Waals surface area (Å²) in [6.07, 6.45) is 0.151. The smallest absolute Gasteiger partial charge is 0.127 e. The molecule has 1 N–H and O–H groups in total. The fourth-order valence-corrected chi connectivity index (χ4v) is 2.52. The van der Waals surface area contributed by atoms with Gasteiger partial charge >= 0.3 is 0 Å². The molecule has 0 saturated carbocycles. The maximum atomic E-state index is 13.8. The largest absolute Gasteiger partial charge is 0.391 e. The maximum Gasteiger partial charge on any atom is 0.127 e. The van der Waals surface area contributed by atoms with Crippen LogP contribution in [-0.2, 0) is 13.0 Å². The Balaban J connectivity index is 1.98. The van der Waals surface area contributed by atoms with Gasteiger partial charge in [-0.3, -0.25) is 4.90 Å². The predicted octanol–water partition coefficient (Wildman–Crippen LogP) is 3.64. The fraction of sp³-hybridized carbons (Fsp3) is 0.368. The number of halogens is 1. The number of aliphatic hydroxyl groups excluding tert-OH is 1. The standard InChI is InChI=1S/C19H24FNO/c1-15(2)21(13-17-10-6-7-11-19(17)20)14-18(22)12-16-8-4-3-5-9-16/h3-11,15,18,22H,12-14H2,1-2H3/t18-/m1/s1. The summed E-state index contributed by atoms with van der Waals surface area (Å²) < 4.78 is 13.8. The molecule has 0 radical (unpaired) electrons. The van der Waals surface area contributed by atoms with Crippen LogP contribution in [0.5, 0.6) is 0 Å². The Labute approximate surface area is 132 Å². The molecule has 2 aromatic carbocycles. The van der Waals surface area contributed by atoms with Gasteiger partial charge in [0.05, 0.1) is 6.10 Å². The SMILES string of the molecule is CC(C)N(Cc1ccccc1F)C[C@H](O)Cc1ccccc1. The molecule has 0 bridgehead atoms. The Morgan fingerprint density at radius 3 is 2.27 bits per heavy atom. The van der Waals surface area contributed by atoms with Crippen LogP contribution in [0, 0.1) is 5.82 Å². The van der Waals surface area contributed by atoms with E-state index in [2.05, 4.69) is 18.7 Å². The summed E-state index contributed by atoms with van der Waals surface area (Å²) in [7, 11) is 0. The second kappa shape index (κ2) is 8.06. The first-order valence-corrected chi connectivity index (χ1v) is 7.75. The van der Waals surface area contributed by atoms with Crippen molar-refractivity contribution in [2.45, 2.75) is 39.0 Å². The van der Waals surface area contributed by atoms with Gasteiger partial charge in [-0.25, -0.2) is 4.39 Å². The van der Waals surface area contributed by atoms with Crippen molar-refractivity contribution < 1.29 is 9.50 Å². The molecular formula is C19H24FNO. The van der Waals surface area contributed by atoms with E-state index >= 15 is 0 Å². The van der Waals surface area contributed by atoms with Gasteiger partial charge in [0.1, 0.15) is 5.82 Å². The van der Waals surface area contributed by atoms with Gasteiger partial charge in [-0.15, -0.1) is 0 Å².